The number of carboxylic acids is 1. The van der Waals surface area contributed by atoms with Gasteiger partial charge in [0.15, 0.2) is 0 Å². The lowest BCUT2D eigenvalue weighted by Crippen LogP contribution is -2.58. The second-order valence-corrected chi connectivity index (χ2v) is 7.48. The number of hydrogen-bond donors (Lipinski definition) is 2. The van der Waals surface area contributed by atoms with Crippen molar-refractivity contribution >= 4 is 5.97 Å². The highest BCUT2D eigenvalue weighted by Crippen LogP contribution is 2.34. The largest absolute Gasteiger partial charge is 0.480 e. The van der Waals surface area contributed by atoms with E-state index >= 15 is 0 Å². The lowest BCUT2D eigenvalue weighted by molar-refractivity contribution is -0.145. The molecule has 0 spiro atoms. The fourth-order valence-corrected chi connectivity index (χ4v) is 3.00. The third kappa shape index (κ3) is 4.74. The average molecular weight is 284 g/mol. The molecule has 4 heteroatoms. The van der Waals surface area contributed by atoms with Crippen LogP contribution in [0.25, 0.3) is 0 Å². The quantitative estimate of drug-likeness (QED) is 0.787. The summed E-state index contributed by atoms with van der Waals surface area (Å²) >= 11 is 0. The maximum absolute atomic E-state index is 11.5. The van der Waals surface area contributed by atoms with Crippen LogP contribution in [-0.2, 0) is 4.79 Å². The Hall–Kier alpha value is -0.610. The van der Waals surface area contributed by atoms with E-state index in [9.17, 15) is 9.90 Å². The number of piperidine rings is 1. The molecule has 1 unspecified atom stereocenters. The first-order valence-electron chi connectivity index (χ1n) is 7.90. The zero-order valence-electron chi connectivity index (χ0n) is 13.8. The van der Waals surface area contributed by atoms with Crippen LogP contribution in [0, 0.1) is 11.3 Å². The van der Waals surface area contributed by atoms with Gasteiger partial charge in [-0.2, -0.15) is 0 Å². The summed E-state index contributed by atoms with van der Waals surface area (Å²) in [5, 5.41) is 12.7. The molecule has 0 aromatic heterocycles. The number of nitrogens with one attached hydrogen (secondary N) is 1. The Bertz CT molecular complexity index is 317. The number of aliphatic carboxylic acids is 1. The average Bonchev–Trinajstić information content (AvgIpc) is 2.35. The van der Waals surface area contributed by atoms with Crippen molar-refractivity contribution in [3.63, 3.8) is 0 Å². The molecular formula is C16H32N2O2. The predicted molar refractivity (Wildman–Crippen MR) is 83.0 cm³/mol. The molecule has 0 aromatic rings. The molecule has 1 heterocycles. The van der Waals surface area contributed by atoms with Crippen LogP contribution in [0.4, 0.5) is 0 Å². The summed E-state index contributed by atoms with van der Waals surface area (Å²) in [4.78, 5) is 13.8. The Labute approximate surface area is 123 Å². The molecule has 0 radical (unpaired) electrons. The van der Waals surface area contributed by atoms with E-state index in [1.54, 1.807) is 6.92 Å². The lowest BCUT2D eigenvalue weighted by Gasteiger charge is -2.41. The maximum Gasteiger partial charge on any atom is 0.324 e. The summed E-state index contributed by atoms with van der Waals surface area (Å²) < 4.78 is 0. The summed E-state index contributed by atoms with van der Waals surface area (Å²) in [5.74, 6) is 0.00216. The van der Waals surface area contributed by atoms with Crippen LogP contribution in [0.5, 0.6) is 0 Å². The fourth-order valence-electron chi connectivity index (χ4n) is 3.00. The van der Waals surface area contributed by atoms with Gasteiger partial charge in [0, 0.05) is 6.54 Å². The lowest BCUT2D eigenvalue weighted by atomic mass is 9.75. The molecular weight excluding hydrogens is 252 g/mol. The molecule has 0 aliphatic carbocycles. The van der Waals surface area contributed by atoms with Crippen LogP contribution in [0.3, 0.4) is 0 Å². The van der Waals surface area contributed by atoms with Gasteiger partial charge < -0.3 is 15.3 Å². The van der Waals surface area contributed by atoms with Crippen molar-refractivity contribution in [3.8, 4) is 0 Å². The molecule has 0 amide bonds. The van der Waals surface area contributed by atoms with Gasteiger partial charge in [-0.15, -0.1) is 0 Å². The van der Waals surface area contributed by atoms with Crippen LogP contribution in [0.1, 0.15) is 53.9 Å². The van der Waals surface area contributed by atoms with Crippen LogP contribution >= 0.6 is 0 Å². The van der Waals surface area contributed by atoms with Crippen LogP contribution in [0.2, 0.25) is 0 Å². The molecule has 1 fully saturated rings. The minimum absolute atomic E-state index is 0.364. The van der Waals surface area contributed by atoms with Gasteiger partial charge in [-0.1, -0.05) is 27.7 Å². The monoisotopic (exact) mass is 284 g/mol. The normalized spacial score (nSPS) is 21.6. The standard InChI is InChI=1S/C16H32N2O2/c1-6-9-17-16(5,14(19)20)12-18-10-7-13(8-11-18)15(2,3)4/h13,17H,6-12H2,1-5H3,(H,19,20). The molecule has 0 aromatic carbocycles. The molecule has 4 nitrogen and oxygen atoms in total. The minimum Gasteiger partial charge on any atom is -0.480 e. The first kappa shape index (κ1) is 17.4. The molecule has 20 heavy (non-hydrogen) atoms. The molecule has 0 bridgehead atoms. The van der Waals surface area contributed by atoms with Crippen molar-refractivity contribution in [2.24, 2.45) is 11.3 Å². The van der Waals surface area contributed by atoms with Gasteiger partial charge in [0.1, 0.15) is 5.54 Å². The van der Waals surface area contributed by atoms with E-state index in [4.69, 9.17) is 0 Å². The van der Waals surface area contributed by atoms with E-state index < -0.39 is 11.5 Å². The second-order valence-electron chi connectivity index (χ2n) is 7.48. The highest BCUT2D eigenvalue weighted by atomic mass is 16.4. The maximum atomic E-state index is 11.5. The van der Waals surface area contributed by atoms with Crippen LogP contribution < -0.4 is 5.32 Å². The van der Waals surface area contributed by atoms with Gasteiger partial charge in [0.25, 0.3) is 0 Å². The highest BCUT2D eigenvalue weighted by molar-refractivity contribution is 5.78. The second kappa shape index (κ2) is 6.90. The number of likely N-dealkylation sites (tertiary alicyclic amines) is 1. The van der Waals surface area contributed by atoms with Crippen LogP contribution in [-0.4, -0.2) is 47.7 Å². The van der Waals surface area contributed by atoms with Gasteiger partial charge in [-0.05, 0) is 57.2 Å². The van der Waals surface area contributed by atoms with Crippen molar-refractivity contribution in [1.29, 1.82) is 0 Å². The number of carboxylic acid groups (broad SMARTS) is 1. The number of carbonyl (C=O) groups is 1. The summed E-state index contributed by atoms with van der Waals surface area (Å²) in [6.45, 7) is 14.1. The first-order valence-corrected chi connectivity index (χ1v) is 7.90. The van der Waals surface area contributed by atoms with Crippen molar-refractivity contribution in [2.45, 2.75) is 59.4 Å². The summed E-state index contributed by atoms with van der Waals surface area (Å²) in [6.07, 6.45) is 3.30. The Morgan fingerprint density at radius 2 is 1.80 bits per heavy atom. The zero-order chi connectivity index (χ0) is 15.4. The van der Waals surface area contributed by atoms with Crippen molar-refractivity contribution in [1.82, 2.24) is 10.2 Å². The molecule has 1 aliphatic heterocycles. The summed E-state index contributed by atoms with van der Waals surface area (Å²) in [7, 11) is 0. The van der Waals surface area contributed by atoms with Crippen LogP contribution in [0.15, 0.2) is 0 Å². The highest BCUT2D eigenvalue weighted by Gasteiger charge is 2.36. The Balaban J connectivity index is 2.54. The van der Waals surface area contributed by atoms with E-state index in [0.29, 0.717) is 12.0 Å². The number of hydrogen-bond acceptors (Lipinski definition) is 3. The molecule has 2 N–H and O–H groups in total. The molecule has 1 saturated heterocycles. The van der Waals surface area contributed by atoms with Gasteiger partial charge in [-0.3, -0.25) is 4.79 Å². The molecule has 1 aliphatic rings. The molecule has 1 rings (SSSR count). The Morgan fingerprint density at radius 1 is 1.25 bits per heavy atom. The van der Waals surface area contributed by atoms with Gasteiger partial charge in [-0.25, -0.2) is 0 Å². The van der Waals surface area contributed by atoms with E-state index in [2.05, 4.69) is 37.9 Å². The van der Waals surface area contributed by atoms with Crippen molar-refractivity contribution in [2.75, 3.05) is 26.2 Å². The Kier molecular flexibility index (Phi) is 6.02. The van der Waals surface area contributed by atoms with Gasteiger partial charge in [0.05, 0.1) is 0 Å². The third-order valence-corrected chi connectivity index (χ3v) is 4.59. The molecule has 0 saturated carbocycles. The fraction of sp³-hybridized carbons (Fsp3) is 0.938. The minimum atomic E-state index is -0.829. The van der Waals surface area contributed by atoms with E-state index in [1.165, 1.54) is 12.8 Å². The van der Waals surface area contributed by atoms with E-state index in [1.807, 2.05) is 0 Å². The zero-order valence-corrected chi connectivity index (χ0v) is 13.8. The first-order chi connectivity index (χ1) is 9.19. The van der Waals surface area contributed by atoms with Crippen molar-refractivity contribution < 1.29 is 9.90 Å². The summed E-state index contributed by atoms with van der Waals surface area (Å²) in [5.41, 5.74) is -0.465. The Morgan fingerprint density at radius 3 is 2.20 bits per heavy atom. The van der Waals surface area contributed by atoms with Gasteiger partial charge in [0.2, 0.25) is 0 Å². The third-order valence-electron chi connectivity index (χ3n) is 4.59. The van der Waals surface area contributed by atoms with Crippen molar-refractivity contribution in [3.05, 3.63) is 0 Å². The van der Waals surface area contributed by atoms with E-state index in [-0.39, 0.29) is 0 Å². The smallest absolute Gasteiger partial charge is 0.324 e. The topological polar surface area (TPSA) is 52.6 Å². The molecule has 118 valence electrons. The number of rotatable bonds is 6. The van der Waals surface area contributed by atoms with Gasteiger partial charge >= 0.3 is 5.97 Å². The number of nitrogens with zero attached hydrogens (tertiary/aromatic N) is 1. The molecule has 1 atom stereocenters. The predicted octanol–water partition coefficient (Wildman–Crippen LogP) is 2.59. The SMILES string of the molecule is CCCNC(C)(CN1CCC(C(C)(C)C)CC1)C(=O)O. The summed E-state index contributed by atoms with van der Waals surface area (Å²) in [6, 6.07) is 0. The van der Waals surface area contributed by atoms with E-state index in [0.717, 1.165) is 32.0 Å².